The van der Waals surface area contributed by atoms with Gasteiger partial charge in [0.25, 0.3) is 0 Å². The number of rotatable bonds is 5. The van der Waals surface area contributed by atoms with Crippen molar-refractivity contribution in [1.82, 2.24) is 4.90 Å². The molecular weight excluding hydrogens is 430 g/mol. The van der Waals surface area contributed by atoms with E-state index in [-0.39, 0.29) is 11.7 Å². The van der Waals surface area contributed by atoms with E-state index in [2.05, 4.69) is 116 Å². The predicted octanol–water partition coefficient (Wildman–Crippen LogP) is 6.79. The minimum atomic E-state index is -0.465. The van der Waals surface area contributed by atoms with Crippen LogP contribution < -0.4 is 4.74 Å². The monoisotopic (exact) mass is 465 g/mol. The Morgan fingerprint density at radius 3 is 2.09 bits per heavy atom. The number of hydrogen-bond acceptors (Lipinski definition) is 3. The van der Waals surface area contributed by atoms with E-state index in [1.807, 2.05) is 6.07 Å². The fraction of sp³-hybridized carbons (Fsp3) is 0.375. The van der Waals surface area contributed by atoms with E-state index < -0.39 is 5.60 Å². The normalized spacial score (nSPS) is 24.5. The molecule has 180 valence electrons. The molecule has 35 heavy (non-hydrogen) atoms. The maximum absolute atomic E-state index is 6.79. The third-order valence-electron chi connectivity index (χ3n) is 7.33. The molecule has 0 spiro atoms. The number of hydrogen-bond donors (Lipinski definition) is 0. The highest BCUT2D eigenvalue weighted by molar-refractivity contribution is 5.39. The zero-order valence-electron chi connectivity index (χ0n) is 21.0. The van der Waals surface area contributed by atoms with Gasteiger partial charge in [-0.3, -0.25) is 4.90 Å². The van der Waals surface area contributed by atoms with Crippen molar-refractivity contribution in [2.24, 2.45) is 5.92 Å². The molecule has 3 aromatic rings. The van der Waals surface area contributed by atoms with E-state index in [9.17, 15) is 0 Å². The Balaban J connectivity index is 1.33. The van der Waals surface area contributed by atoms with E-state index in [0.717, 1.165) is 37.2 Å². The Hall–Kier alpha value is -3.06. The van der Waals surface area contributed by atoms with Crippen LogP contribution in [0.3, 0.4) is 0 Å². The third kappa shape index (κ3) is 5.45. The van der Waals surface area contributed by atoms with Crippen molar-refractivity contribution in [3.05, 3.63) is 102 Å². The summed E-state index contributed by atoms with van der Waals surface area (Å²) in [5, 5.41) is 0. The van der Waals surface area contributed by atoms with Crippen LogP contribution in [-0.4, -0.2) is 22.6 Å². The minimum Gasteiger partial charge on any atom is -0.487 e. The maximum Gasteiger partial charge on any atom is 0.126 e. The quantitative estimate of drug-likeness (QED) is 0.387. The smallest absolute Gasteiger partial charge is 0.126 e. The summed E-state index contributed by atoms with van der Waals surface area (Å²) in [6.45, 7) is 8.95. The van der Waals surface area contributed by atoms with E-state index in [4.69, 9.17) is 9.47 Å². The zero-order chi connectivity index (χ0) is 24.3. The summed E-state index contributed by atoms with van der Waals surface area (Å²) in [6, 6.07) is 29.6. The van der Waals surface area contributed by atoms with Crippen LogP contribution in [0.1, 0.15) is 56.4 Å². The number of nitrogens with zero attached hydrogens (tertiary/aromatic N) is 1. The van der Waals surface area contributed by atoms with Gasteiger partial charge in [-0.05, 0) is 50.8 Å². The second-order valence-corrected chi connectivity index (χ2v) is 10.6. The van der Waals surface area contributed by atoms with Gasteiger partial charge in [0.2, 0.25) is 0 Å². The predicted molar refractivity (Wildman–Crippen MR) is 141 cm³/mol. The number of para-hydroxylation sites is 1. The van der Waals surface area contributed by atoms with Crippen LogP contribution >= 0.6 is 0 Å². The first kappa shape index (κ1) is 23.7. The molecule has 1 saturated heterocycles. The third-order valence-corrected chi connectivity index (χ3v) is 7.33. The Kier molecular flexibility index (Phi) is 6.69. The Labute approximate surface area is 210 Å². The lowest BCUT2D eigenvalue weighted by Crippen LogP contribution is -2.50. The zero-order valence-corrected chi connectivity index (χ0v) is 21.0. The summed E-state index contributed by atoms with van der Waals surface area (Å²) in [5.41, 5.74) is 3.03. The molecule has 5 rings (SSSR count). The average molecular weight is 466 g/mol. The first-order chi connectivity index (χ1) is 16.9. The average Bonchev–Trinajstić information content (AvgIpc) is 2.85. The van der Waals surface area contributed by atoms with Crippen molar-refractivity contribution < 1.29 is 9.47 Å². The largest absolute Gasteiger partial charge is 0.487 e. The summed E-state index contributed by atoms with van der Waals surface area (Å²) in [4.78, 5) is 2.40. The van der Waals surface area contributed by atoms with Crippen LogP contribution in [-0.2, 0) is 17.8 Å². The van der Waals surface area contributed by atoms with E-state index >= 15 is 0 Å². The van der Waals surface area contributed by atoms with Crippen LogP contribution in [0, 0.1) is 17.8 Å². The second-order valence-electron chi connectivity index (χ2n) is 10.6. The van der Waals surface area contributed by atoms with Crippen LogP contribution in [0.4, 0.5) is 0 Å². The molecule has 0 radical (unpaired) electrons. The molecule has 0 unspecified atom stereocenters. The Morgan fingerprint density at radius 1 is 0.829 bits per heavy atom. The number of fused-ring (bicyclic) bond motifs is 3. The lowest BCUT2D eigenvalue weighted by molar-refractivity contribution is -0.169. The molecule has 3 nitrogen and oxygen atoms in total. The van der Waals surface area contributed by atoms with Crippen molar-refractivity contribution in [3.8, 4) is 17.6 Å². The molecule has 0 aromatic heterocycles. The van der Waals surface area contributed by atoms with Gasteiger partial charge in [-0.25, -0.2) is 0 Å². The van der Waals surface area contributed by atoms with Crippen molar-refractivity contribution in [1.29, 1.82) is 0 Å². The van der Waals surface area contributed by atoms with Gasteiger partial charge in [0.15, 0.2) is 0 Å². The highest BCUT2D eigenvalue weighted by atomic mass is 16.5. The van der Waals surface area contributed by atoms with Crippen LogP contribution in [0.25, 0.3) is 0 Å². The van der Waals surface area contributed by atoms with Gasteiger partial charge in [-0.2, -0.15) is 0 Å². The van der Waals surface area contributed by atoms with Gasteiger partial charge in [0.1, 0.15) is 17.0 Å². The summed E-state index contributed by atoms with van der Waals surface area (Å²) in [5.74, 6) is 8.29. The molecule has 0 bridgehead atoms. The number of benzene rings is 3. The van der Waals surface area contributed by atoms with E-state index in [0.29, 0.717) is 12.5 Å². The molecule has 0 aliphatic carbocycles. The molecule has 2 heterocycles. The summed E-state index contributed by atoms with van der Waals surface area (Å²) in [7, 11) is 0. The molecule has 0 amide bonds. The summed E-state index contributed by atoms with van der Waals surface area (Å²) >= 11 is 0. The van der Waals surface area contributed by atoms with Crippen LogP contribution in [0.15, 0.2) is 84.9 Å². The highest BCUT2D eigenvalue weighted by Gasteiger charge is 2.49. The molecule has 2 aliphatic heterocycles. The van der Waals surface area contributed by atoms with Gasteiger partial charge in [0, 0.05) is 24.6 Å². The second kappa shape index (κ2) is 9.90. The standard InChI is InChI=1S/C32H35NO2/c1-31(2)28-19-21-32(3,35-30(28)27-17-10-11-18-29(27)34-31)20-12-22-33(23-25-13-6-4-7-14-25)24-26-15-8-5-9-16-26/h4-11,13-18,28,30H,19,21-24H2,1-3H3/t28-,30-,32-/m1/s1. The van der Waals surface area contributed by atoms with Gasteiger partial charge in [-0.1, -0.05) is 90.7 Å². The van der Waals surface area contributed by atoms with Gasteiger partial charge in [0.05, 0.1) is 12.6 Å². The molecular formula is C32H35NO2. The SMILES string of the molecule is CC1(C)Oc2ccccc2[C@H]2O[C@](C)(C#CCN(Cc3ccccc3)Cc3ccccc3)CC[C@H]21. The van der Waals surface area contributed by atoms with E-state index in [1.165, 1.54) is 11.1 Å². The highest BCUT2D eigenvalue weighted by Crippen LogP contribution is 2.52. The maximum atomic E-state index is 6.79. The molecule has 3 heteroatoms. The Bertz CT molecular complexity index is 1150. The molecule has 3 atom stereocenters. The minimum absolute atomic E-state index is 0.00717. The lowest BCUT2D eigenvalue weighted by atomic mass is 9.73. The molecule has 0 N–H and O–H groups in total. The van der Waals surface area contributed by atoms with Crippen molar-refractivity contribution in [2.75, 3.05) is 6.54 Å². The topological polar surface area (TPSA) is 21.7 Å². The van der Waals surface area contributed by atoms with Gasteiger partial charge < -0.3 is 9.47 Å². The molecule has 0 saturated carbocycles. The summed E-state index contributed by atoms with van der Waals surface area (Å²) < 4.78 is 13.1. The van der Waals surface area contributed by atoms with Crippen LogP contribution in [0.2, 0.25) is 0 Å². The molecule has 1 fully saturated rings. The molecule has 3 aromatic carbocycles. The molecule has 2 aliphatic rings. The van der Waals surface area contributed by atoms with Crippen molar-refractivity contribution >= 4 is 0 Å². The Morgan fingerprint density at radius 2 is 1.43 bits per heavy atom. The number of ether oxygens (including phenoxy) is 2. The van der Waals surface area contributed by atoms with Gasteiger partial charge >= 0.3 is 0 Å². The summed E-state index contributed by atoms with van der Waals surface area (Å²) in [6.07, 6.45) is 1.95. The van der Waals surface area contributed by atoms with Crippen molar-refractivity contribution in [2.45, 2.75) is 64.0 Å². The fourth-order valence-electron chi connectivity index (χ4n) is 5.44. The van der Waals surface area contributed by atoms with E-state index in [1.54, 1.807) is 0 Å². The van der Waals surface area contributed by atoms with Crippen LogP contribution in [0.5, 0.6) is 5.75 Å². The fourth-order valence-corrected chi connectivity index (χ4v) is 5.44. The first-order valence-corrected chi connectivity index (χ1v) is 12.7. The van der Waals surface area contributed by atoms with Crippen molar-refractivity contribution in [3.63, 3.8) is 0 Å². The first-order valence-electron chi connectivity index (χ1n) is 12.7. The lowest BCUT2D eigenvalue weighted by Gasteiger charge is -2.50. The van der Waals surface area contributed by atoms with Gasteiger partial charge in [-0.15, -0.1) is 0 Å².